The van der Waals surface area contributed by atoms with Crippen LogP contribution in [0.15, 0.2) is 82.5 Å². The van der Waals surface area contributed by atoms with E-state index in [1.54, 1.807) is 65.2 Å². The first-order chi connectivity index (χ1) is 17.7. The number of hydrogen-bond donors (Lipinski definition) is 1. The molecule has 1 N–H and O–H groups in total. The molecule has 1 heterocycles. The maximum absolute atomic E-state index is 13.5. The number of rotatable bonds is 10. The Bertz CT molecular complexity index is 1580. The fourth-order valence-corrected chi connectivity index (χ4v) is 4.69. The number of nitrogens with zero attached hydrogens (tertiary/aromatic N) is 2. The van der Waals surface area contributed by atoms with Crippen LogP contribution in [0, 0.1) is 0 Å². The Morgan fingerprint density at radius 3 is 2.38 bits per heavy atom. The van der Waals surface area contributed by atoms with Crippen LogP contribution in [0.4, 0.5) is 0 Å². The smallest absolute Gasteiger partial charge is 0.349 e. The van der Waals surface area contributed by atoms with Crippen molar-refractivity contribution in [2.75, 3.05) is 6.26 Å². The highest BCUT2D eigenvalue weighted by atomic mass is 32.2. The predicted octanol–water partition coefficient (Wildman–Crippen LogP) is 4.40. The van der Waals surface area contributed by atoms with Crippen LogP contribution in [0.2, 0.25) is 0 Å². The van der Waals surface area contributed by atoms with Gasteiger partial charge in [-0.15, -0.1) is 0 Å². The lowest BCUT2D eigenvalue weighted by Crippen LogP contribution is -2.26. The van der Waals surface area contributed by atoms with E-state index in [2.05, 4.69) is 11.9 Å². The van der Waals surface area contributed by atoms with Crippen molar-refractivity contribution in [1.29, 1.82) is 0 Å². The Kier molecular flexibility index (Phi) is 7.73. The van der Waals surface area contributed by atoms with E-state index in [1.165, 1.54) is 12.1 Å². The Morgan fingerprint density at radius 2 is 1.76 bits per heavy atom. The number of aromatic nitrogens is 2. The molecule has 0 bridgehead atoms. The molecule has 0 radical (unpaired) electrons. The minimum atomic E-state index is -3.48. The SMILES string of the molecule is CCCCc1nc2ccc(S(C)(=O)=O)cc2c(=O)n1Cc1ccc(OC(C(=O)O)c2ccccc2)cc1. The summed E-state index contributed by atoms with van der Waals surface area (Å²) < 4.78 is 31.4. The molecular weight excluding hydrogens is 492 g/mol. The van der Waals surface area contributed by atoms with Crippen LogP contribution in [0.5, 0.6) is 5.75 Å². The van der Waals surface area contributed by atoms with Gasteiger partial charge in [0.15, 0.2) is 9.84 Å². The molecule has 1 atom stereocenters. The molecule has 4 rings (SSSR count). The molecule has 9 heteroatoms. The van der Waals surface area contributed by atoms with Crippen LogP contribution in [0.25, 0.3) is 10.9 Å². The van der Waals surface area contributed by atoms with Crippen molar-refractivity contribution in [2.45, 2.75) is 43.7 Å². The Morgan fingerprint density at radius 1 is 1.05 bits per heavy atom. The zero-order valence-corrected chi connectivity index (χ0v) is 21.4. The summed E-state index contributed by atoms with van der Waals surface area (Å²) in [6.07, 6.45) is 2.34. The molecule has 8 nitrogen and oxygen atoms in total. The molecule has 192 valence electrons. The van der Waals surface area contributed by atoms with E-state index in [1.807, 2.05) is 0 Å². The molecule has 0 saturated heterocycles. The number of aryl methyl sites for hydroxylation is 1. The van der Waals surface area contributed by atoms with Crippen LogP contribution >= 0.6 is 0 Å². The minimum absolute atomic E-state index is 0.0691. The molecule has 37 heavy (non-hydrogen) atoms. The third-order valence-corrected chi connectivity index (χ3v) is 7.14. The highest BCUT2D eigenvalue weighted by Crippen LogP contribution is 2.23. The summed E-state index contributed by atoms with van der Waals surface area (Å²) in [5, 5.41) is 9.86. The van der Waals surface area contributed by atoms with Crippen molar-refractivity contribution in [3.05, 3.63) is 100 Å². The summed E-state index contributed by atoms with van der Waals surface area (Å²) in [5.74, 6) is -0.0899. The molecule has 0 saturated carbocycles. The second kappa shape index (κ2) is 11.0. The number of hydrogen-bond acceptors (Lipinski definition) is 6. The van der Waals surface area contributed by atoms with E-state index in [0.29, 0.717) is 29.1 Å². The van der Waals surface area contributed by atoms with Gasteiger partial charge in [-0.05, 0) is 42.3 Å². The Hall–Kier alpha value is -3.98. The van der Waals surface area contributed by atoms with Crippen LogP contribution in [-0.4, -0.2) is 35.3 Å². The van der Waals surface area contributed by atoms with Crippen molar-refractivity contribution in [1.82, 2.24) is 9.55 Å². The van der Waals surface area contributed by atoms with Crippen molar-refractivity contribution in [3.63, 3.8) is 0 Å². The van der Waals surface area contributed by atoms with Crippen molar-refractivity contribution in [2.24, 2.45) is 0 Å². The predicted molar refractivity (Wildman–Crippen MR) is 141 cm³/mol. The van der Waals surface area contributed by atoms with E-state index in [9.17, 15) is 23.1 Å². The molecule has 4 aromatic rings. The third kappa shape index (κ3) is 6.06. The van der Waals surface area contributed by atoms with Crippen molar-refractivity contribution >= 4 is 26.7 Å². The lowest BCUT2D eigenvalue weighted by atomic mass is 10.1. The van der Waals surface area contributed by atoms with Gasteiger partial charge in [-0.3, -0.25) is 9.36 Å². The average Bonchev–Trinajstić information content (AvgIpc) is 2.88. The van der Waals surface area contributed by atoms with Crippen LogP contribution in [0.1, 0.15) is 42.8 Å². The number of carbonyl (C=O) groups is 1. The normalized spacial score (nSPS) is 12.4. The van der Waals surface area contributed by atoms with Gasteiger partial charge in [-0.2, -0.15) is 0 Å². The topological polar surface area (TPSA) is 116 Å². The number of carboxylic acids is 1. The van der Waals surface area contributed by atoms with Crippen molar-refractivity contribution in [3.8, 4) is 5.75 Å². The lowest BCUT2D eigenvalue weighted by molar-refractivity contribution is -0.145. The fraction of sp³-hybridized carbons (Fsp3) is 0.250. The Balaban J connectivity index is 1.66. The minimum Gasteiger partial charge on any atom is -0.478 e. The van der Waals surface area contributed by atoms with Crippen molar-refractivity contribution < 1.29 is 23.1 Å². The van der Waals surface area contributed by atoms with Gasteiger partial charge in [0.1, 0.15) is 11.6 Å². The van der Waals surface area contributed by atoms with Gasteiger partial charge in [-0.25, -0.2) is 18.2 Å². The van der Waals surface area contributed by atoms with Gasteiger partial charge >= 0.3 is 5.97 Å². The maximum atomic E-state index is 13.5. The number of carboxylic acid groups (broad SMARTS) is 1. The van der Waals surface area contributed by atoms with Crippen LogP contribution < -0.4 is 10.3 Å². The Labute approximate surface area is 215 Å². The van der Waals surface area contributed by atoms with Gasteiger partial charge in [-0.1, -0.05) is 55.8 Å². The molecule has 0 amide bonds. The standard InChI is InChI=1S/C28H28N2O6S/c1-3-4-10-25-29-24-16-15-22(37(2,34)35)17-23(24)27(31)30(25)18-19-11-13-21(14-12-19)36-26(28(32)33)20-8-6-5-7-9-20/h5-9,11-17,26H,3-4,10,18H2,1-2H3,(H,32,33). The summed E-state index contributed by atoms with van der Waals surface area (Å²) in [4.78, 5) is 30.0. The number of sulfone groups is 1. The third-order valence-electron chi connectivity index (χ3n) is 6.03. The summed E-state index contributed by atoms with van der Waals surface area (Å²) >= 11 is 0. The number of ether oxygens (including phenoxy) is 1. The highest BCUT2D eigenvalue weighted by molar-refractivity contribution is 7.90. The van der Waals surface area contributed by atoms with Crippen LogP contribution in [0.3, 0.4) is 0 Å². The van der Waals surface area contributed by atoms with Gasteiger partial charge in [0.25, 0.3) is 5.56 Å². The zero-order valence-electron chi connectivity index (χ0n) is 20.6. The van der Waals surface area contributed by atoms with E-state index < -0.39 is 21.9 Å². The van der Waals surface area contributed by atoms with E-state index in [-0.39, 0.29) is 22.4 Å². The molecule has 1 unspecified atom stereocenters. The number of benzene rings is 3. The first-order valence-electron chi connectivity index (χ1n) is 11.9. The first kappa shape index (κ1) is 26.1. The molecule has 3 aromatic carbocycles. The average molecular weight is 521 g/mol. The molecular formula is C28H28N2O6S. The molecule has 0 aliphatic rings. The molecule has 1 aromatic heterocycles. The molecule has 0 aliphatic carbocycles. The summed E-state index contributed by atoms with van der Waals surface area (Å²) in [7, 11) is -3.48. The highest BCUT2D eigenvalue weighted by Gasteiger charge is 2.21. The molecule has 0 aliphatic heterocycles. The summed E-state index contributed by atoms with van der Waals surface area (Å²) in [6, 6.07) is 20.0. The quantitative estimate of drug-likeness (QED) is 0.330. The van der Waals surface area contributed by atoms with Gasteiger partial charge in [0.05, 0.1) is 22.3 Å². The zero-order chi connectivity index (χ0) is 26.6. The number of unbranched alkanes of at least 4 members (excludes halogenated alkanes) is 1. The van der Waals surface area contributed by atoms with E-state index in [0.717, 1.165) is 24.7 Å². The van der Waals surface area contributed by atoms with Gasteiger partial charge in [0.2, 0.25) is 6.10 Å². The van der Waals surface area contributed by atoms with Gasteiger partial charge < -0.3 is 9.84 Å². The fourth-order valence-electron chi connectivity index (χ4n) is 4.05. The maximum Gasteiger partial charge on any atom is 0.349 e. The summed E-state index contributed by atoms with van der Waals surface area (Å²) in [5.41, 5.74) is 1.47. The molecule has 0 spiro atoms. The van der Waals surface area contributed by atoms with E-state index in [4.69, 9.17) is 4.74 Å². The largest absolute Gasteiger partial charge is 0.478 e. The van der Waals surface area contributed by atoms with E-state index >= 15 is 0 Å². The number of aliphatic carboxylic acids is 1. The monoisotopic (exact) mass is 520 g/mol. The summed E-state index contributed by atoms with van der Waals surface area (Å²) in [6.45, 7) is 2.28. The number of fused-ring (bicyclic) bond motifs is 1. The molecule has 0 fully saturated rings. The second-order valence-electron chi connectivity index (χ2n) is 8.86. The first-order valence-corrected chi connectivity index (χ1v) is 13.8. The van der Waals surface area contributed by atoms with Crippen LogP contribution in [-0.2, 0) is 27.6 Å². The second-order valence-corrected chi connectivity index (χ2v) is 10.9. The van der Waals surface area contributed by atoms with Gasteiger partial charge in [0, 0.05) is 18.2 Å². The lowest BCUT2D eigenvalue weighted by Gasteiger charge is -2.17.